The zero-order valence-corrected chi connectivity index (χ0v) is 16.9. The summed E-state index contributed by atoms with van der Waals surface area (Å²) in [6.07, 6.45) is 6.50. The van der Waals surface area contributed by atoms with E-state index in [0.29, 0.717) is 16.8 Å². The van der Waals surface area contributed by atoms with Crippen LogP contribution in [0.3, 0.4) is 0 Å². The molecule has 2 aliphatic rings. The van der Waals surface area contributed by atoms with Gasteiger partial charge in [-0.1, -0.05) is 37.1 Å². The lowest BCUT2D eigenvalue weighted by Crippen LogP contribution is -2.45. The number of nitrogens with zero attached hydrogens (tertiary/aromatic N) is 5. The first-order chi connectivity index (χ1) is 13.1. The molecule has 1 saturated heterocycles. The Kier molecular flexibility index (Phi) is 5.48. The molecule has 144 valence electrons. The highest BCUT2D eigenvalue weighted by Gasteiger charge is 2.32. The summed E-state index contributed by atoms with van der Waals surface area (Å²) >= 11 is 1.43. The van der Waals surface area contributed by atoms with Crippen molar-refractivity contribution in [1.29, 1.82) is 0 Å². The number of tetrazole rings is 1. The molecule has 1 aliphatic heterocycles. The lowest BCUT2D eigenvalue weighted by atomic mass is 9.75. The Balaban J connectivity index is 1.38. The zero-order valence-electron chi connectivity index (χ0n) is 16.1. The molecule has 0 spiro atoms. The smallest absolute Gasteiger partial charge is 0.233 e. The third kappa shape index (κ3) is 4.03. The first kappa shape index (κ1) is 18.5. The fourth-order valence-corrected chi connectivity index (χ4v) is 5.13. The van der Waals surface area contributed by atoms with Gasteiger partial charge < -0.3 is 4.90 Å². The highest BCUT2D eigenvalue weighted by Crippen LogP contribution is 2.36. The lowest BCUT2D eigenvalue weighted by molar-refractivity contribution is -0.131. The summed E-state index contributed by atoms with van der Waals surface area (Å²) in [6, 6.07) is 6.16. The predicted molar refractivity (Wildman–Crippen MR) is 106 cm³/mol. The number of fused-ring (bicyclic) bond motifs is 1. The summed E-state index contributed by atoms with van der Waals surface area (Å²) in [5.41, 5.74) is 3.37. The fourth-order valence-electron chi connectivity index (χ4n) is 4.33. The minimum atomic E-state index is 0.207. The number of carbonyl (C=O) groups excluding carboxylic acids is 1. The molecule has 0 radical (unpaired) electrons. The van der Waals surface area contributed by atoms with E-state index in [-0.39, 0.29) is 5.91 Å². The number of amides is 1. The molecular formula is C20H27N5OS. The number of rotatable bonds is 4. The minimum absolute atomic E-state index is 0.207. The van der Waals surface area contributed by atoms with E-state index in [4.69, 9.17) is 0 Å². The molecule has 1 aromatic heterocycles. The van der Waals surface area contributed by atoms with Gasteiger partial charge >= 0.3 is 0 Å². The SMILES string of the molecule is Cc1ccc(-n2nnnc2SCC(=O)N2CC[C@H]3CCCC[C@H]3C2)cc1C. The maximum absolute atomic E-state index is 12.7. The first-order valence-electron chi connectivity index (χ1n) is 9.88. The van der Waals surface area contributed by atoms with Gasteiger partial charge in [0.05, 0.1) is 11.4 Å². The number of aryl methyl sites for hydroxylation is 2. The average molecular weight is 386 g/mol. The van der Waals surface area contributed by atoms with Gasteiger partial charge in [-0.15, -0.1) is 5.10 Å². The van der Waals surface area contributed by atoms with Crippen molar-refractivity contribution in [1.82, 2.24) is 25.1 Å². The molecule has 0 N–H and O–H groups in total. The number of hydrogen-bond acceptors (Lipinski definition) is 5. The highest BCUT2D eigenvalue weighted by molar-refractivity contribution is 7.99. The summed E-state index contributed by atoms with van der Waals surface area (Å²) in [7, 11) is 0. The fraction of sp³-hybridized carbons (Fsp3) is 0.600. The van der Waals surface area contributed by atoms with E-state index < -0.39 is 0 Å². The quantitative estimate of drug-likeness (QED) is 0.755. The van der Waals surface area contributed by atoms with Gasteiger partial charge in [-0.3, -0.25) is 4.79 Å². The van der Waals surface area contributed by atoms with E-state index in [9.17, 15) is 4.79 Å². The monoisotopic (exact) mass is 385 g/mol. The van der Waals surface area contributed by atoms with Gasteiger partial charge in [0.15, 0.2) is 0 Å². The molecule has 2 fully saturated rings. The molecular weight excluding hydrogens is 358 g/mol. The van der Waals surface area contributed by atoms with Gasteiger partial charge in [-0.05, 0) is 72.2 Å². The van der Waals surface area contributed by atoms with Crippen molar-refractivity contribution in [2.75, 3.05) is 18.8 Å². The zero-order chi connectivity index (χ0) is 18.8. The number of thioether (sulfide) groups is 1. The Morgan fingerprint density at radius 3 is 2.78 bits per heavy atom. The second kappa shape index (κ2) is 8.00. The van der Waals surface area contributed by atoms with Crippen LogP contribution in [0.5, 0.6) is 0 Å². The molecule has 1 aromatic carbocycles. The van der Waals surface area contributed by atoms with Gasteiger partial charge in [0.25, 0.3) is 0 Å². The Morgan fingerprint density at radius 1 is 1.15 bits per heavy atom. The Morgan fingerprint density at radius 2 is 1.96 bits per heavy atom. The molecule has 2 atom stereocenters. The third-order valence-corrected chi connectivity index (χ3v) is 7.05. The molecule has 4 rings (SSSR count). The lowest BCUT2D eigenvalue weighted by Gasteiger charge is -2.41. The van der Waals surface area contributed by atoms with Crippen molar-refractivity contribution in [3.63, 3.8) is 0 Å². The molecule has 27 heavy (non-hydrogen) atoms. The number of piperidine rings is 1. The topological polar surface area (TPSA) is 63.9 Å². The van der Waals surface area contributed by atoms with E-state index >= 15 is 0 Å². The number of likely N-dealkylation sites (tertiary alicyclic amines) is 1. The van der Waals surface area contributed by atoms with Crippen LogP contribution in [-0.2, 0) is 4.79 Å². The van der Waals surface area contributed by atoms with Crippen molar-refractivity contribution in [2.45, 2.75) is 51.1 Å². The summed E-state index contributed by atoms with van der Waals surface area (Å²) in [5.74, 6) is 2.15. The van der Waals surface area contributed by atoms with E-state index in [0.717, 1.165) is 24.7 Å². The molecule has 6 nitrogen and oxygen atoms in total. The molecule has 1 aliphatic carbocycles. The van der Waals surface area contributed by atoms with Crippen LogP contribution in [0.2, 0.25) is 0 Å². The molecule has 1 saturated carbocycles. The normalized spacial score (nSPS) is 22.5. The number of carbonyl (C=O) groups is 1. The van der Waals surface area contributed by atoms with Crippen molar-refractivity contribution < 1.29 is 4.79 Å². The van der Waals surface area contributed by atoms with Gasteiger partial charge in [-0.25, -0.2) is 0 Å². The Hall–Kier alpha value is -1.89. The van der Waals surface area contributed by atoms with Crippen LogP contribution in [0.4, 0.5) is 0 Å². The number of hydrogen-bond donors (Lipinski definition) is 0. The molecule has 2 aromatic rings. The molecule has 0 bridgehead atoms. The van der Waals surface area contributed by atoms with Crippen LogP contribution in [0, 0.1) is 25.7 Å². The summed E-state index contributed by atoms with van der Waals surface area (Å²) in [6.45, 7) is 6.01. The summed E-state index contributed by atoms with van der Waals surface area (Å²) < 4.78 is 1.72. The molecule has 7 heteroatoms. The molecule has 0 unspecified atom stereocenters. The number of aromatic nitrogens is 4. The maximum Gasteiger partial charge on any atom is 0.233 e. The average Bonchev–Trinajstić information content (AvgIpc) is 3.16. The molecule has 1 amide bonds. The van der Waals surface area contributed by atoms with E-state index in [1.807, 2.05) is 6.07 Å². The standard InChI is InChI=1S/C20H27N5OS/c1-14-7-8-18(11-15(14)2)25-20(21-22-23-25)27-13-19(26)24-10-9-16-5-3-4-6-17(16)12-24/h7-8,11,16-17H,3-6,9-10,12-13H2,1-2H3/t16-,17+/m1/s1. The van der Waals surface area contributed by atoms with Crippen LogP contribution >= 0.6 is 11.8 Å². The second-order valence-electron chi connectivity index (χ2n) is 7.86. The van der Waals surface area contributed by atoms with E-state index in [2.05, 4.69) is 46.4 Å². The van der Waals surface area contributed by atoms with E-state index in [1.165, 1.54) is 55.0 Å². The van der Waals surface area contributed by atoms with Crippen LogP contribution in [0.15, 0.2) is 23.4 Å². The Labute approximate surface area is 164 Å². The van der Waals surface area contributed by atoms with Gasteiger partial charge in [0.2, 0.25) is 11.1 Å². The predicted octanol–water partition coefficient (Wildman–Crippen LogP) is 3.41. The van der Waals surface area contributed by atoms with Crippen LogP contribution in [-0.4, -0.2) is 49.9 Å². The number of benzene rings is 1. The largest absolute Gasteiger partial charge is 0.342 e. The maximum atomic E-state index is 12.7. The van der Waals surface area contributed by atoms with Crippen LogP contribution in [0.1, 0.15) is 43.2 Å². The van der Waals surface area contributed by atoms with Crippen LogP contribution < -0.4 is 0 Å². The summed E-state index contributed by atoms with van der Waals surface area (Å²) in [5, 5.41) is 12.7. The van der Waals surface area contributed by atoms with Crippen molar-refractivity contribution in [3.05, 3.63) is 29.3 Å². The van der Waals surface area contributed by atoms with Crippen molar-refractivity contribution >= 4 is 17.7 Å². The summed E-state index contributed by atoms with van der Waals surface area (Å²) in [4.78, 5) is 14.8. The minimum Gasteiger partial charge on any atom is -0.342 e. The Bertz CT molecular complexity index is 820. The second-order valence-corrected chi connectivity index (χ2v) is 8.81. The van der Waals surface area contributed by atoms with Crippen molar-refractivity contribution in [2.24, 2.45) is 11.8 Å². The molecule has 2 heterocycles. The van der Waals surface area contributed by atoms with Gasteiger partial charge in [0, 0.05) is 13.1 Å². The van der Waals surface area contributed by atoms with Gasteiger partial charge in [-0.2, -0.15) is 4.68 Å². The third-order valence-electron chi connectivity index (χ3n) is 6.14. The van der Waals surface area contributed by atoms with E-state index in [1.54, 1.807) is 4.68 Å². The van der Waals surface area contributed by atoms with Crippen molar-refractivity contribution in [3.8, 4) is 5.69 Å². The van der Waals surface area contributed by atoms with Crippen LogP contribution in [0.25, 0.3) is 5.69 Å². The van der Waals surface area contributed by atoms with Gasteiger partial charge in [0.1, 0.15) is 0 Å². The first-order valence-corrected chi connectivity index (χ1v) is 10.9. The highest BCUT2D eigenvalue weighted by atomic mass is 32.2.